The van der Waals surface area contributed by atoms with Crippen LogP contribution in [-0.2, 0) is 0 Å². The molecule has 0 radical (unpaired) electrons. The fourth-order valence-electron chi connectivity index (χ4n) is 2.60. The van der Waals surface area contributed by atoms with E-state index in [2.05, 4.69) is 36.8 Å². The second-order valence-electron chi connectivity index (χ2n) is 5.07. The second kappa shape index (κ2) is 6.89. The fraction of sp³-hybridized carbons (Fsp3) is 0.533. The highest BCUT2D eigenvalue weighted by Gasteiger charge is 2.26. The molecule has 1 amide bonds. The summed E-state index contributed by atoms with van der Waals surface area (Å²) >= 11 is 7.06. The summed E-state index contributed by atoms with van der Waals surface area (Å²) in [6.45, 7) is 2.87. The smallest absolute Gasteiger partial charge is 0.254 e. The number of likely N-dealkylation sites (tertiary alicyclic amines) is 1. The molecule has 1 heterocycles. The summed E-state index contributed by atoms with van der Waals surface area (Å²) in [5.74, 6) is 0.171. The molecule has 0 N–H and O–H groups in total. The molecule has 1 fully saturated rings. The third-order valence-corrected chi connectivity index (χ3v) is 5.42. The zero-order valence-corrected chi connectivity index (χ0v) is 14.3. The van der Waals surface area contributed by atoms with Crippen LogP contribution in [0.5, 0.6) is 0 Å². The fourth-order valence-corrected chi connectivity index (χ4v) is 3.64. The highest BCUT2D eigenvalue weighted by molar-refractivity contribution is 9.10. The number of rotatable bonds is 2. The van der Waals surface area contributed by atoms with Crippen molar-refractivity contribution in [2.45, 2.75) is 38.6 Å². The molecular weight excluding hydrogens is 370 g/mol. The average molecular weight is 389 g/mol. The van der Waals surface area contributed by atoms with E-state index in [4.69, 9.17) is 0 Å². The Hall–Kier alpha value is -0.350. The molecule has 1 aromatic carbocycles. The molecule has 1 unspecified atom stereocenters. The minimum Gasteiger partial charge on any atom is -0.335 e. The summed E-state index contributed by atoms with van der Waals surface area (Å²) in [4.78, 5) is 14.8. The van der Waals surface area contributed by atoms with E-state index < -0.39 is 0 Å². The summed E-state index contributed by atoms with van der Waals surface area (Å²) in [6.07, 6.45) is 4.66. The molecule has 19 heavy (non-hydrogen) atoms. The summed E-state index contributed by atoms with van der Waals surface area (Å²) in [6, 6.07) is 6.17. The van der Waals surface area contributed by atoms with Crippen LogP contribution >= 0.6 is 31.9 Å². The van der Waals surface area contributed by atoms with E-state index in [0.29, 0.717) is 6.04 Å². The Balaban J connectivity index is 2.28. The van der Waals surface area contributed by atoms with Crippen LogP contribution in [0.1, 0.15) is 41.6 Å². The Labute approximate surface area is 131 Å². The molecule has 1 aromatic rings. The number of carbonyl (C=O) groups excluding carboxylic acids is 1. The van der Waals surface area contributed by atoms with E-state index in [1.165, 1.54) is 12.8 Å². The average Bonchev–Trinajstić information content (AvgIpc) is 2.66. The van der Waals surface area contributed by atoms with Crippen LogP contribution in [0.4, 0.5) is 0 Å². The molecule has 0 aliphatic carbocycles. The normalized spacial score (nSPS) is 20.2. The largest absolute Gasteiger partial charge is 0.335 e. The minimum absolute atomic E-state index is 0.171. The maximum Gasteiger partial charge on any atom is 0.254 e. The van der Waals surface area contributed by atoms with E-state index in [1.807, 2.05) is 25.1 Å². The molecule has 2 nitrogen and oxygen atoms in total. The van der Waals surface area contributed by atoms with Gasteiger partial charge in [0.15, 0.2) is 0 Å². The molecule has 1 aliphatic rings. The van der Waals surface area contributed by atoms with Gasteiger partial charge in [0.05, 0.1) is 0 Å². The van der Waals surface area contributed by atoms with Crippen molar-refractivity contribution in [3.63, 3.8) is 0 Å². The van der Waals surface area contributed by atoms with Gasteiger partial charge >= 0.3 is 0 Å². The molecule has 1 aliphatic heterocycles. The first-order valence-electron chi connectivity index (χ1n) is 6.77. The Morgan fingerprint density at radius 2 is 2.16 bits per heavy atom. The van der Waals surface area contributed by atoms with Crippen molar-refractivity contribution in [2.24, 2.45) is 0 Å². The van der Waals surface area contributed by atoms with Gasteiger partial charge in [-0.15, -0.1) is 0 Å². The molecule has 1 atom stereocenters. The van der Waals surface area contributed by atoms with Gasteiger partial charge in [-0.25, -0.2) is 0 Å². The number of alkyl halides is 1. The lowest BCUT2D eigenvalue weighted by molar-refractivity contribution is 0.0701. The van der Waals surface area contributed by atoms with Crippen LogP contribution in [0.15, 0.2) is 22.7 Å². The number of benzene rings is 1. The first-order chi connectivity index (χ1) is 9.15. The van der Waals surface area contributed by atoms with Gasteiger partial charge < -0.3 is 4.90 Å². The molecule has 0 aromatic heterocycles. The standard InChI is InChI=1S/C15H19Br2NO/c1-11-13(7-5-8-14(11)17)15(19)18-9-4-2-3-6-12(18)10-16/h5,7-8,12H,2-4,6,9-10H2,1H3. The maximum atomic E-state index is 12.8. The summed E-state index contributed by atoms with van der Waals surface area (Å²) < 4.78 is 1.00. The zero-order valence-electron chi connectivity index (χ0n) is 11.2. The Bertz CT molecular complexity index is 461. The van der Waals surface area contributed by atoms with Gasteiger partial charge in [-0.1, -0.05) is 50.8 Å². The van der Waals surface area contributed by atoms with Crippen LogP contribution in [0.25, 0.3) is 0 Å². The minimum atomic E-state index is 0.171. The van der Waals surface area contributed by atoms with Crippen molar-refractivity contribution >= 4 is 37.8 Å². The molecular formula is C15H19Br2NO. The molecule has 0 bridgehead atoms. The van der Waals surface area contributed by atoms with E-state index in [-0.39, 0.29) is 5.91 Å². The number of halogens is 2. The third kappa shape index (κ3) is 3.40. The molecule has 1 saturated heterocycles. The van der Waals surface area contributed by atoms with Gasteiger partial charge in [-0.3, -0.25) is 4.79 Å². The Kier molecular flexibility index (Phi) is 5.46. The lowest BCUT2D eigenvalue weighted by atomic mass is 10.1. The number of hydrogen-bond acceptors (Lipinski definition) is 1. The molecule has 0 spiro atoms. The van der Waals surface area contributed by atoms with E-state index in [9.17, 15) is 4.79 Å². The zero-order chi connectivity index (χ0) is 13.8. The Morgan fingerprint density at radius 3 is 2.89 bits per heavy atom. The molecule has 2 rings (SSSR count). The van der Waals surface area contributed by atoms with Crippen molar-refractivity contribution < 1.29 is 4.79 Å². The molecule has 104 valence electrons. The first kappa shape index (κ1) is 15.0. The van der Waals surface area contributed by atoms with Crippen molar-refractivity contribution in [3.8, 4) is 0 Å². The predicted octanol–water partition coefficient (Wildman–Crippen LogP) is 4.54. The number of amides is 1. The van der Waals surface area contributed by atoms with Crippen LogP contribution < -0.4 is 0 Å². The van der Waals surface area contributed by atoms with Crippen molar-refractivity contribution in [1.29, 1.82) is 0 Å². The summed E-state index contributed by atoms with van der Waals surface area (Å²) in [5, 5.41) is 0.867. The summed E-state index contributed by atoms with van der Waals surface area (Å²) in [7, 11) is 0. The maximum absolute atomic E-state index is 12.8. The molecule has 0 saturated carbocycles. The number of hydrogen-bond donors (Lipinski definition) is 0. The monoisotopic (exact) mass is 387 g/mol. The Morgan fingerprint density at radius 1 is 1.37 bits per heavy atom. The first-order valence-corrected chi connectivity index (χ1v) is 8.68. The van der Waals surface area contributed by atoms with Crippen molar-refractivity contribution in [1.82, 2.24) is 4.90 Å². The van der Waals surface area contributed by atoms with Crippen LogP contribution in [-0.4, -0.2) is 28.7 Å². The van der Waals surface area contributed by atoms with E-state index in [0.717, 1.165) is 40.3 Å². The van der Waals surface area contributed by atoms with E-state index in [1.54, 1.807) is 0 Å². The van der Waals surface area contributed by atoms with Crippen molar-refractivity contribution in [2.75, 3.05) is 11.9 Å². The van der Waals surface area contributed by atoms with Gasteiger partial charge in [-0.2, -0.15) is 0 Å². The lowest BCUT2D eigenvalue weighted by Crippen LogP contribution is -2.41. The van der Waals surface area contributed by atoms with Crippen molar-refractivity contribution in [3.05, 3.63) is 33.8 Å². The van der Waals surface area contributed by atoms with E-state index >= 15 is 0 Å². The summed E-state index contributed by atoms with van der Waals surface area (Å²) in [5.41, 5.74) is 1.85. The molecule has 4 heteroatoms. The lowest BCUT2D eigenvalue weighted by Gasteiger charge is -2.29. The van der Waals surface area contributed by atoms with Gasteiger partial charge in [-0.05, 0) is 37.5 Å². The van der Waals surface area contributed by atoms with Crippen LogP contribution in [0, 0.1) is 6.92 Å². The number of nitrogens with zero attached hydrogens (tertiary/aromatic N) is 1. The van der Waals surface area contributed by atoms with Crippen LogP contribution in [0.2, 0.25) is 0 Å². The van der Waals surface area contributed by atoms with Crippen LogP contribution in [0.3, 0.4) is 0 Å². The highest BCUT2D eigenvalue weighted by Crippen LogP contribution is 2.25. The van der Waals surface area contributed by atoms with Gasteiger partial charge in [0.25, 0.3) is 5.91 Å². The SMILES string of the molecule is Cc1c(Br)cccc1C(=O)N1CCCCCC1CBr. The van der Waals surface area contributed by atoms with Gasteiger partial charge in [0.2, 0.25) is 0 Å². The number of carbonyl (C=O) groups is 1. The highest BCUT2D eigenvalue weighted by atomic mass is 79.9. The third-order valence-electron chi connectivity index (χ3n) is 3.81. The van der Waals surface area contributed by atoms with Gasteiger partial charge in [0.1, 0.15) is 0 Å². The van der Waals surface area contributed by atoms with Gasteiger partial charge in [0, 0.05) is 28.0 Å². The topological polar surface area (TPSA) is 20.3 Å². The quantitative estimate of drug-likeness (QED) is 0.681. The predicted molar refractivity (Wildman–Crippen MR) is 86.0 cm³/mol. The second-order valence-corrected chi connectivity index (χ2v) is 6.57.